The number of para-hydroxylation sites is 2. The van der Waals surface area contributed by atoms with Gasteiger partial charge in [-0.05, 0) is 36.1 Å². The van der Waals surface area contributed by atoms with E-state index >= 15 is 0 Å². The molecule has 0 bridgehead atoms. The number of anilines is 4. The van der Waals surface area contributed by atoms with Gasteiger partial charge in [0.1, 0.15) is 0 Å². The van der Waals surface area contributed by atoms with Gasteiger partial charge in [0, 0.05) is 24.5 Å². The third kappa shape index (κ3) is 2.05. The Morgan fingerprint density at radius 3 is 2.12 bits per heavy atom. The molecule has 0 N–H and O–H groups in total. The van der Waals surface area contributed by atoms with Crippen molar-refractivity contribution < 1.29 is 0 Å². The predicted molar refractivity (Wildman–Crippen MR) is 94.1 cm³/mol. The summed E-state index contributed by atoms with van der Waals surface area (Å²) in [6, 6.07) is 16.9. The highest BCUT2D eigenvalue weighted by Gasteiger charge is 2.25. The van der Waals surface area contributed by atoms with Gasteiger partial charge in [0.15, 0.2) is 5.82 Å². The van der Waals surface area contributed by atoms with E-state index in [0.29, 0.717) is 5.95 Å². The van der Waals surface area contributed by atoms with Crippen LogP contribution < -0.4 is 9.80 Å². The summed E-state index contributed by atoms with van der Waals surface area (Å²) in [6.07, 6.45) is 3.83. The summed E-state index contributed by atoms with van der Waals surface area (Å²) >= 11 is 0. The normalized spacial score (nSPS) is 15.5. The molecule has 5 heteroatoms. The molecule has 0 saturated carbocycles. The van der Waals surface area contributed by atoms with Gasteiger partial charge < -0.3 is 9.80 Å². The fourth-order valence-corrected chi connectivity index (χ4v) is 3.65. The first kappa shape index (κ1) is 13.5. The zero-order valence-corrected chi connectivity index (χ0v) is 13.3. The summed E-state index contributed by atoms with van der Waals surface area (Å²) in [6.45, 7) is 1.84. The second kappa shape index (κ2) is 5.30. The van der Waals surface area contributed by atoms with Gasteiger partial charge >= 0.3 is 0 Å². The monoisotopic (exact) mass is 315 g/mol. The standard InChI is InChI=1S/C19H17N5/c1-3-7-16-14(5-1)9-11-23(16)18-13-20-22-19(21-18)24-12-10-15-6-2-4-8-17(15)24/h1-8,13H,9-12H2. The van der Waals surface area contributed by atoms with Gasteiger partial charge in [-0.1, -0.05) is 36.4 Å². The van der Waals surface area contributed by atoms with Crippen molar-refractivity contribution in [1.29, 1.82) is 0 Å². The molecule has 0 radical (unpaired) electrons. The van der Waals surface area contributed by atoms with Crippen LogP contribution in [0, 0.1) is 0 Å². The van der Waals surface area contributed by atoms with Gasteiger partial charge in [-0.25, -0.2) is 0 Å². The fraction of sp³-hybridized carbons (Fsp3) is 0.211. The Morgan fingerprint density at radius 1 is 0.750 bits per heavy atom. The SMILES string of the molecule is c1ccc2c(c1)CCN2c1cnnc(N2CCc3ccccc32)n1. The van der Waals surface area contributed by atoms with Crippen LogP contribution in [0.3, 0.4) is 0 Å². The van der Waals surface area contributed by atoms with Gasteiger partial charge in [-0.3, -0.25) is 0 Å². The Bertz CT molecular complexity index is 837. The molecule has 24 heavy (non-hydrogen) atoms. The molecular formula is C19H17N5. The number of hydrogen-bond acceptors (Lipinski definition) is 5. The molecule has 1 aromatic heterocycles. The average molecular weight is 315 g/mol. The molecule has 3 aromatic rings. The van der Waals surface area contributed by atoms with Crippen molar-refractivity contribution in [1.82, 2.24) is 15.2 Å². The molecular weight excluding hydrogens is 298 g/mol. The molecule has 118 valence electrons. The van der Waals surface area contributed by atoms with E-state index in [9.17, 15) is 0 Å². The van der Waals surface area contributed by atoms with Gasteiger partial charge in [-0.15, -0.1) is 5.10 Å². The quantitative estimate of drug-likeness (QED) is 0.726. The van der Waals surface area contributed by atoms with Crippen LogP contribution in [0.25, 0.3) is 0 Å². The van der Waals surface area contributed by atoms with E-state index in [0.717, 1.165) is 31.7 Å². The van der Waals surface area contributed by atoms with E-state index in [4.69, 9.17) is 4.98 Å². The third-order valence-corrected chi connectivity index (χ3v) is 4.83. The maximum absolute atomic E-state index is 4.81. The van der Waals surface area contributed by atoms with Crippen molar-refractivity contribution >= 4 is 23.1 Å². The minimum atomic E-state index is 0.682. The molecule has 0 amide bonds. The van der Waals surface area contributed by atoms with E-state index in [-0.39, 0.29) is 0 Å². The largest absolute Gasteiger partial charge is 0.324 e. The van der Waals surface area contributed by atoms with Crippen molar-refractivity contribution in [2.75, 3.05) is 22.9 Å². The molecule has 3 heterocycles. The van der Waals surface area contributed by atoms with Crippen LogP contribution in [-0.4, -0.2) is 28.3 Å². The van der Waals surface area contributed by atoms with E-state index in [2.05, 4.69) is 68.5 Å². The first-order chi connectivity index (χ1) is 11.9. The molecule has 0 fully saturated rings. The first-order valence-corrected chi connectivity index (χ1v) is 8.31. The number of fused-ring (bicyclic) bond motifs is 2. The molecule has 2 aromatic carbocycles. The molecule has 5 rings (SSSR count). The Labute approximate surface area is 140 Å². The molecule has 5 nitrogen and oxygen atoms in total. The van der Waals surface area contributed by atoms with Crippen molar-refractivity contribution in [2.24, 2.45) is 0 Å². The summed E-state index contributed by atoms with van der Waals surface area (Å²) in [7, 11) is 0. The van der Waals surface area contributed by atoms with E-state index in [1.165, 1.54) is 22.5 Å². The minimum absolute atomic E-state index is 0.682. The van der Waals surface area contributed by atoms with Crippen LogP contribution in [0.1, 0.15) is 11.1 Å². The van der Waals surface area contributed by atoms with Crippen molar-refractivity contribution in [3.63, 3.8) is 0 Å². The second-order valence-electron chi connectivity index (χ2n) is 6.18. The summed E-state index contributed by atoms with van der Waals surface area (Å²) in [5.74, 6) is 1.55. The van der Waals surface area contributed by atoms with E-state index in [1.807, 2.05) is 0 Å². The number of benzene rings is 2. The molecule has 2 aliphatic rings. The van der Waals surface area contributed by atoms with Crippen LogP contribution in [0.15, 0.2) is 54.7 Å². The van der Waals surface area contributed by atoms with Crippen LogP contribution in [0.2, 0.25) is 0 Å². The van der Waals surface area contributed by atoms with Crippen molar-refractivity contribution in [2.45, 2.75) is 12.8 Å². The van der Waals surface area contributed by atoms with Crippen molar-refractivity contribution in [3.8, 4) is 0 Å². The highest BCUT2D eigenvalue weighted by Crippen LogP contribution is 2.35. The van der Waals surface area contributed by atoms with Gasteiger partial charge in [-0.2, -0.15) is 10.1 Å². The maximum Gasteiger partial charge on any atom is 0.251 e. The van der Waals surface area contributed by atoms with E-state index in [1.54, 1.807) is 6.20 Å². The number of hydrogen-bond donors (Lipinski definition) is 0. The van der Waals surface area contributed by atoms with Crippen LogP contribution in [0.5, 0.6) is 0 Å². The summed E-state index contributed by atoms with van der Waals surface area (Å²) in [4.78, 5) is 9.20. The lowest BCUT2D eigenvalue weighted by atomic mass is 10.2. The number of rotatable bonds is 2. The highest BCUT2D eigenvalue weighted by atomic mass is 15.4. The van der Waals surface area contributed by atoms with Crippen LogP contribution >= 0.6 is 0 Å². The molecule has 0 spiro atoms. The smallest absolute Gasteiger partial charge is 0.251 e. The zero-order chi connectivity index (χ0) is 15.9. The summed E-state index contributed by atoms with van der Waals surface area (Å²) in [5, 5.41) is 8.51. The molecule has 0 aliphatic carbocycles. The first-order valence-electron chi connectivity index (χ1n) is 8.31. The lowest BCUT2D eigenvalue weighted by Gasteiger charge is -2.21. The van der Waals surface area contributed by atoms with Crippen LogP contribution in [0.4, 0.5) is 23.1 Å². The second-order valence-corrected chi connectivity index (χ2v) is 6.18. The Morgan fingerprint density at radius 2 is 1.38 bits per heavy atom. The molecule has 0 unspecified atom stereocenters. The maximum atomic E-state index is 4.81. The zero-order valence-electron chi connectivity index (χ0n) is 13.3. The van der Waals surface area contributed by atoms with Crippen LogP contribution in [-0.2, 0) is 12.8 Å². The lowest BCUT2D eigenvalue weighted by Crippen LogP contribution is -2.20. The lowest BCUT2D eigenvalue weighted by molar-refractivity contribution is 0.865. The topological polar surface area (TPSA) is 45.2 Å². The molecule has 0 saturated heterocycles. The number of aromatic nitrogens is 3. The minimum Gasteiger partial charge on any atom is -0.324 e. The fourth-order valence-electron chi connectivity index (χ4n) is 3.65. The van der Waals surface area contributed by atoms with Crippen molar-refractivity contribution in [3.05, 3.63) is 65.9 Å². The average Bonchev–Trinajstić information content (AvgIpc) is 3.26. The molecule has 0 atom stereocenters. The Hall–Kier alpha value is -2.95. The molecule has 2 aliphatic heterocycles. The highest BCUT2D eigenvalue weighted by molar-refractivity contribution is 5.69. The van der Waals surface area contributed by atoms with Gasteiger partial charge in [0.2, 0.25) is 0 Å². The Kier molecular flexibility index (Phi) is 2.98. The predicted octanol–water partition coefficient (Wildman–Crippen LogP) is 3.26. The van der Waals surface area contributed by atoms with Gasteiger partial charge in [0.05, 0.1) is 6.20 Å². The Balaban J connectivity index is 1.52. The van der Waals surface area contributed by atoms with Gasteiger partial charge in [0.25, 0.3) is 5.95 Å². The number of nitrogens with zero attached hydrogens (tertiary/aromatic N) is 5. The van der Waals surface area contributed by atoms with E-state index < -0.39 is 0 Å². The summed E-state index contributed by atoms with van der Waals surface area (Å²) < 4.78 is 0. The third-order valence-electron chi connectivity index (χ3n) is 4.83. The summed E-state index contributed by atoms with van der Waals surface area (Å²) in [5.41, 5.74) is 5.13.